The molecule has 1 aliphatic rings. The molecule has 194 valence electrons. The van der Waals surface area contributed by atoms with Gasteiger partial charge >= 0.3 is 0 Å². The summed E-state index contributed by atoms with van der Waals surface area (Å²) >= 11 is 0. The number of carbonyl (C=O) groups is 2. The summed E-state index contributed by atoms with van der Waals surface area (Å²) in [5.74, 6) is 0.317. The van der Waals surface area contributed by atoms with Gasteiger partial charge in [0.05, 0.1) is 0 Å². The molecule has 0 bridgehead atoms. The van der Waals surface area contributed by atoms with Gasteiger partial charge in [-0.2, -0.15) is 0 Å². The third-order valence-electron chi connectivity index (χ3n) is 7.21. The number of ether oxygens (including phenoxy) is 1. The van der Waals surface area contributed by atoms with Crippen LogP contribution in [-0.2, 0) is 11.3 Å². The van der Waals surface area contributed by atoms with Crippen LogP contribution in [0.5, 0.6) is 5.75 Å². The highest BCUT2D eigenvalue weighted by atomic mass is 19.1. The molecule has 6 heteroatoms. The number of piperazine rings is 1. The van der Waals surface area contributed by atoms with Gasteiger partial charge in [0, 0.05) is 42.8 Å². The van der Waals surface area contributed by atoms with Crippen molar-refractivity contribution in [1.82, 2.24) is 9.80 Å². The molecule has 5 rings (SSSR count). The number of rotatable bonds is 7. The lowest BCUT2D eigenvalue weighted by Gasteiger charge is -2.44. The summed E-state index contributed by atoms with van der Waals surface area (Å²) in [6.07, 6.45) is 0. The Morgan fingerprint density at radius 2 is 1.53 bits per heavy atom. The standard InChI is InChI=1S/C32H31FN2O3/c1-22-19-35(23(2)18-34(22)20-24-8-13-29(33)14-9-24)31(36)21-38-30-15-12-26-16-28(11-10-27(26)17-30)32(37)25-6-4-3-5-7-25/h3-17,22-23H,18-21H2,1-2H3/t22-,23+/m0/s1. The van der Waals surface area contributed by atoms with Gasteiger partial charge in [0.2, 0.25) is 0 Å². The van der Waals surface area contributed by atoms with Crippen molar-refractivity contribution in [2.45, 2.75) is 32.5 Å². The van der Waals surface area contributed by atoms with Gasteiger partial charge in [0.15, 0.2) is 12.4 Å². The van der Waals surface area contributed by atoms with Gasteiger partial charge in [-0.05, 0) is 60.5 Å². The molecule has 0 saturated carbocycles. The zero-order valence-corrected chi connectivity index (χ0v) is 21.6. The Bertz CT molecular complexity index is 1440. The lowest BCUT2D eigenvalue weighted by atomic mass is 10.00. The van der Waals surface area contributed by atoms with Gasteiger partial charge < -0.3 is 9.64 Å². The average molecular weight is 511 g/mol. The highest BCUT2D eigenvalue weighted by Gasteiger charge is 2.32. The van der Waals surface area contributed by atoms with Gasteiger partial charge in [-0.1, -0.05) is 60.7 Å². The van der Waals surface area contributed by atoms with Crippen LogP contribution >= 0.6 is 0 Å². The molecule has 0 aliphatic carbocycles. The van der Waals surface area contributed by atoms with Crippen molar-refractivity contribution in [3.05, 3.63) is 114 Å². The number of hydrogen-bond donors (Lipinski definition) is 0. The largest absolute Gasteiger partial charge is 0.484 e. The Hall–Kier alpha value is -4.03. The van der Waals surface area contributed by atoms with E-state index in [4.69, 9.17) is 4.74 Å². The van der Waals surface area contributed by atoms with Crippen LogP contribution in [0.4, 0.5) is 4.39 Å². The van der Waals surface area contributed by atoms with Crippen molar-refractivity contribution in [1.29, 1.82) is 0 Å². The Morgan fingerprint density at radius 3 is 2.29 bits per heavy atom. The molecular formula is C32H31FN2O3. The second kappa shape index (κ2) is 11.2. The number of amides is 1. The number of nitrogens with zero attached hydrogens (tertiary/aromatic N) is 2. The van der Waals surface area contributed by atoms with E-state index in [2.05, 4.69) is 11.8 Å². The van der Waals surface area contributed by atoms with Crippen LogP contribution in [0, 0.1) is 5.82 Å². The summed E-state index contributed by atoms with van der Waals surface area (Å²) < 4.78 is 19.1. The first-order valence-electron chi connectivity index (χ1n) is 12.9. The Labute approximate surface area is 222 Å². The van der Waals surface area contributed by atoms with Crippen molar-refractivity contribution < 1.29 is 18.7 Å². The van der Waals surface area contributed by atoms with E-state index in [1.165, 1.54) is 12.1 Å². The number of benzene rings is 4. The van der Waals surface area contributed by atoms with Crippen molar-refractivity contribution in [3.8, 4) is 5.75 Å². The predicted molar refractivity (Wildman–Crippen MR) is 147 cm³/mol. The first-order chi connectivity index (χ1) is 18.4. The summed E-state index contributed by atoms with van der Waals surface area (Å²) in [6.45, 7) is 6.19. The monoisotopic (exact) mass is 510 g/mol. The number of ketones is 1. The molecule has 0 N–H and O–H groups in total. The van der Waals surface area contributed by atoms with Crippen molar-refractivity contribution in [3.63, 3.8) is 0 Å². The van der Waals surface area contributed by atoms with E-state index in [-0.39, 0.29) is 36.2 Å². The van der Waals surface area contributed by atoms with E-state index in [0.29, 0.717) is 23.4 Å². The maximum absolute atomic E-state index is 13.2. The van der Waals surface area contributed by atoms with Crippen molar-refractivity contribution >= 4 is 22.5 Å². The van der Waals surface area contributed by atoms with E-state index in [1.807, 2.05) is 90.7 Å². The Balaban J connectivity index is 1.19. The van der Waals surface area contributed by atoms with E-state index in [9.17, 15) is 14.0 Å². The van der Waals surface area contributed by atoms with Crippen LogP contribution in [-0.4, -0.2) is 53.3 Å². The highest BCUT2D eigenvalue weighted by Crippen LogP contribution is 2.24. The first kappa shape index (κ1) is 25.6. The zero-order chi connectivity index (χ0) is 26.6. The van der Waals surface area contributed by atoms with E-state index < -0.39 is 0 Å². The molecule has 0 aromatic heterocycles. The van der Waals surface area contributed by atoms with Crippen LogP contribution in [0.1, 0.15) is 35.3 Å². The third kappa shape index (κ3) is 5.76. The number of hydrogen-bond acceptors (Lipinski definition) is 4. The molecule has 1 saturated heterocycles. The van der Waals surface area contributed by atoms with E-state index in [1.54, 1.807) is 0 Å². The average Bonchev–Trinajstić information content (AvgIpc) is 2.94. The molecule has 1 fully saturated rings. The van der Waals surface area contributed by atoms with Gasteiger partial charge in [-0.25, -0.2) is 4.39 Å². The molecular weight excluding hydrogens is 479 g/mol. The Kier molecular flexibility index (Phi) is 7.52. The molecule has 1 amide bonds. The van der Waals surface area contributed by atoms with E-state index in [0.717, 1.165) is 29.4 Å². The minimum Gasteiger partial charge on any atom is -0.484 e. The van der Waals surface area contributed by atoms with Crippen molar-refractivity contribution in [2.75, 3.05) is 19.7 Å². The maximum atomic E-state index is 13.2. The predicted octanol–water partition coefficient (Wildman–Crippen LogP) is 5.71. The van der Waals surface area contributed by atoms with Crippen LogP contribution in [0.2, 0.25) is 0 Å². The molecule has 0 unspecified atom stereocenters. The van der Waals surface area contributed by atoms with E-state index >= 15 is 0 Å². The van der Waals surface area contributed by atoms with Gasteiger partial charge in [0.1, 0.15) is 11.6 Å². The maximum Gasteiger partial charge on any atom is 0.260 e. The Morgan fingerprint density at radius 1 is 0.816 bits per heavy atom. The summed E-state index contributed by atoms with van der Waals surface area (Å²) in [5, 5.41) is 1.88. The quantitative estimate of drug-likeness (QED) is 0.299. The minimum atomic E-state index is -0.236. The van der Waals surface area contributed by atoms with Gasteiger partial charge in [0.25, 0.3) is 5.91 Å². The molecule has 0 radical (unpaired) electrons. The van der Waals surface area contributed by atoms with Crippen LogP contribution in [0.25, 0.3) is 10.8 Å². The fourth-order valence-electron chi connectivity index (χ4n) is 5.03. The van der Waals surface area contributed by atoms with Crippen LogP contribution < -0.4 is 4.74 Å². The van der Waals surface area contributed by atoms with Gasteiger partial charge in [-0.15, -0.1) is 0 Å². The lowest BCUT2D eigenvalue weighted by Crippen LogP contribution is -2.58. The van der Waals surface area contributed by atoms with Crippen molar-refractivity contribution in [2.24, 2.45) is 0 Å². The molecule has 5 nitrogen and oxygen atoms in total. The highest BCUT2D eigenvalue weighted by molar-refractivity contribution is 6.10. The fourth-order valence-corrected chi connectivity index (χ4v) is 5.03. The normalized spacial score (nSPS) is 17.9. The van der Waals surface area contributed by atoms with Crippen LogP contribution in [0.3, 0.4) is 0 Å². The van der Waals surface area contributed by atoms with Crippen LogP contribution in [0.15, 0.2) is 91.0 Å². The summed E-state index contributed by atoms with van der Waals surface area (Å²) in [5.41, 5.74) is 2.35. The molecule has 1 aliphatic heterocycles. The summed E-state index contributed by atoms with van der Waals surface area (Å²) in [7, 11) is 0. The number of carbonyl (C=O) groups excluding carboxylic acids is 2. The first-order valence-corrected chi connectivity index (χ1v) is 12.9. The summed E-state index contributed by atoms with van der Waals surface area (Å²) in [6, 6.07) is 27.3. The molecule has 4 aromatic carbocycles. The van der Waals surface area contributed by atoms with Gasteiger partial charge in [-0.3, -0.25) is 14.5 Å². The molecule has 38 heavy (non-hydrogen) atoms. The topological polar surface area (TPSA) is 49.9 Å². The number of fused-ring (bicyclic) bond motifs is 1. The second-order valence-electron chi connectivity index (χ2n) is 10.0. The molecule has 1 heterocycles. The zero-order valence-electron chi connectivity index (χ0n) is 21.6. The summed E-state index contributed by atoms with van der Waals surface area (Å²) in [4.78, 5) is 30.0. The molecule has 0 spiro atoms. The SMILES string of the molecule is C[C@@H]1CN(Cc2ccc(F)cc2)[C@@H](C)CN1C(=O)COc1ccc2cc(C(=O)c3ccccc3)ccc2c1. The third-order valence-corrected chi connectivity index (χ3v) is 7.21. The second-order valence-corrected chi connectivity index (χ2v) is 10.0. The fraction of sp³-hybridized carbons (Fsp3) is 0.250. The number of halogens is 1. The minimum absolute atomic E-state index is 0.0143. The lowest BCUT2D eigenvalue weighted by molar-refractivity contribution is -0.139. The molecule has 2 atom stereocenters. The smallest absolute Gasteiger partial charge is 0.260 e. The molecule has 4 aromatic rings.